The van der Waals surface area contributed by atoms with Gasteiger partial charge in [-0.3, -0.25) is 4.79 Å². The number of carbonyl (C=O) groups excluding carboxylic acids is 1. The van der Waals surface area contributed by atoms with E-state index in [2.05, 4.69) is 0 Å². The van der Waals surface area contributed by atoms with Gasteiger partial charge in [0, 0.05) is 12.2 Å². The number of ether oxygens (including phenoxy) is 1. The van der Waals surface area contributed by atoms with Crippen molar-refractivity contribution in [1.29, 1.82) is 0 Å². The van der Waals surface area contributed by atoms with Crippen molar-refractivity contribution in [3.05, 3.63) is 29.6 Å². The molecular formula is C15H25FN2O2. The lowest BCUT2D eigenvalue weighted by Crippen LogP contribution is -2.41. The predicted molar refractivity (Wildman–Crippen MR) is 80.4 cm³/mol. The van der Waals surface area contributed by atoms with Gasteiger partial charge in [-0.25, -0.2) is 4.39 Å². The summed E-state index contributed by atoms with van der Waals surface area (Å²) in [7, 11) is 0. The summed E-state index contributed by atoms with van der Waals surface area (Å²) in [5.74, 6) is -0.406. The fraction of sp³-hybridized carbons (Fsp3) is 0.533. The normalized spacial score (nSPS) is 13.9. The van der Waals surface area contributed by atoms with Gasteiger partial charge in [0.1, 0.15) is 12.4 Å². The molecule has 1 aliphatic rings. The SMILES string of the molecule is CC.CCN.Cc1ccc(N2CCOCC2=O)cc1F. The Balaban J connectivity index is 0.000000641. The van der Waals surface area contributed by atoms with Crippen LogP contribution in [-0.4, -0.2) is 32.2 Å². The Kier molecular flexibility index (Phi) is 9.59. The molecule has 0 spiro atoms. The largest absolute Gasteiger partial charge is 0.370 e. The van der Waals surface area contributed by atoms with E-state index in [1.54, 1.807) is 24.0 Å². The zero-order chi connectivity index (χ0) is 15.5. The first-order valence-electron chi connectivity index (χ1n) is 6.94. The molecule has 1 heterocycles. The van der Waals surface area contributed by atoms with E-state index in [1.165, 1.54) is 6.07 Å². The highest BCUT2D eigenvalue weighted by atomic mass is 19.1. The fourth-order valence-corrected chi connectivity index (χ4v) is 1.54. The minimum absolute atomic E-state index is 0.0789. The second-order valence-electron chi connectivity index (χ2n) is 3.94. The zero-order valence-corrected chi connectivity index (χ0v) is 12.8. The molecule has 0 unspecified atom stereocenters. The highest BCUT2D eigenvalue weighted by Crippen LogP contribution is 2.19. The van der Waals surface area contributed by atoms with Gasteiger partial charge in [-0.05, 0) is 31.2 Å². The lowest BCUT2D eigenvalue weighted by Gasteiger charge is -2.26. The summed E-state index contributed by atoms with van der Waals surface area (Å²) in [5.41, 5.74) is 6.03. The first kappa shape index (κ1) is 18.5. The van der Waals surface area contributed by atoms with Crippen molar-refractivity contribution in [3.8, 4) is 0 Å². The Hall–Kier alpha value is -1.46. The van der Waals surface area contributed by atoms with Crippen LogP contribution in [0.25, 0.3) is 0 Å². The lowest BCUT2D eigenvalue weighted by molar-refractivity contribution is -0.125. The molecule has 1 amide bonds. The highest BCUT2D eigenvalue weighted by Gasteiger charge is 2.20. The number of carbonyl (C=O) groups is 1. The number of nitrogens with two attached hydrogens (primary N) is 1. The number of nitrogens with zero attached hydrogens (tertiary/aromatic N) is 1. The molecule has 20 heavy (non-hydrogen) atoms. The van der Waals surface area contributed by atoms with Gasteiger partial charge in [0.2, 0.25) is 0 Å². The average Bonchev–Trinajstić information content (AvgIpc) is 2.46. The second kappa shape index (κ2) is 10.3. The Morgan fingerprint density at radius 1 is 1.40 bits per heavy atom. The van der Waals surface area contributed by atoms with Crippen molar-refractivity contribution < 1.29 is 13.9 Å². The van der Waals surface area contributed by atoms with Crippen molar-refractivity contribution in [2.45, 2.75) is 27.7 Å². The van der Waals surface area contributed by atoms with Crippen molar-refractivity contribution in [2.24, 2.45) is 5.73 Å². The van der Waals surface area contributed by atoms with Crippen LogP contribution in [0.3, 0.4) is 0 Å². The van der Waals surface area contributed by atoms with E-state index in [0.29, 0.717) is 24.4 Å². The molecule has 0 aromatic heterocycles. The maximum Gasteiger partial charge on any atom is 0.253 e. The number of hydrogen-bond donors (Lipinski definition) is 1. The minimum Gasteiger partial charge on any atom is -0.370 e. The van der Waals surface area contributed by atoms with Gasteiger partial charge in [-0.15, -0.1) is 0 Å². The maximum absolute atomic E-state index is 13.3. The van der Waals surface area contributed by atoms with E-state index < -0.39 is 0 Å². The van der Waals surface area contributed by atoms with Crippen LogP contribution in [0, 0.1) is 12.7 Å². The van der Waals surface area contributed by atoms with E-state index in [9.17, 15) is 9.18 Å². The number of halogens is 1. The first-order valence-corrected chi connectivity index (χ1v) is 6.94. The summed E-state index contributed by atoms with van der Waals surface area (Å²) in [6.45, 7) is 9.41. The van der Waals surface area contributed by atoms with Crippen molar-refractivity contribution >= 4 is 11.6 Å². The molecule has 1 aromatic carbocycles. The molecule has 1 saturated heterocycles. The molecule has 2 rings (SSSR count). The Morgan fingerprint density at radius 2 is 2.00 bits per heavy atom. The third kappa shape index (κ3) is 5.67. The van der Waals surface area contributed by atoms with E-state index in [-0.39, 0.29) is 18.3 Å². The summed E-state index contributed by atoms with van der Waals surface area (Å²) in [6.07, 6.45) is 0. The molecule has 2 N–H and O–H groups in total. The second-order valence-corrected chi connectivity index (χ2v) is 3.94. The van der Waals surface area contributed by atoms with Crippen LogP contribution in [-0.2, 0) is 9.53 Å². The molecule has 114 valence electrons. The summed E-state index contributed by atoms with van der Waals surface area (Å²) < 4.78 is 18.3. The molecule has 4 nitrogen and oxygen atoms in total. The maximum atomic E-state index is 13.3. The third-order valence-corrected chi connectivity index (χ3v) is 2.45. The standard InChI is InChI=1S/C11H12FNO2.C2H7N.C2H6/c1-8-2-3-9(6-10(8)12)13-4-5-15-7-11(13)14;1-2-3;1-2/h2-3,6H,4-5,7H2,1H3;2-3H2,1H3;1-2H3. The minimum atomic E-state index is -0.285. The van der Waals surface area contributed by atoms with Crippen molar-refractivity contribution in [3.63, 3.8) is 0 Å². The fourth-order valence-electron chi connectivity index (χ4n) is 1.54. The van der Waals surface area contributed by atoms with Gasteiger partial charge >= 0.3 is 0 Å². The number of anilines is 1. The van der Waals surface area contributed by atoms with Gasteiger partial charge in [-0.2, -0.15) is 0 Å². The van der Waals surface area contributed by atoms with Gasteiger partial charge in [-0.1, -0.05) is 26.8 Å². The molecular weight excluding hydrogens is 259 g/mol. The van der Waals surface area contributed by atoms with E-state index >= 15 is 0 Å². The van der Waals surface area contributed by atoms with Crippen LogP contribution in [0.5, 0.6) is 0 Å². The molecule has 0 bridgehead atoms. The lowest BCUT2D eigenvalue weighted by atomic mass is 10.2. The zero-order valence-electron chi connectivity index (χ0n) is 12.8. The number of morpholine rings is 1. The smallest absolute Gasteiger partial charge is 0.253 e. The van der Waals surface area contributed by atoms with Crippen LogP contribution >= 0.6 is 0 Å². The summed E-state index contributed by atoms with van der Waals surface area (Å²) >= 11 is 0. The first-order chi connectivity index (χ1) is 9.60. The summed E-state index contributed by atoms with van der Waals surface area (Å²) in [6, 6.07) is 4.81. The van der Waals surface area contributed by atoms with Gasteiger partial charge in [0.05, 0.1) is 6.61 Å². The molecule has 0 atom stereocenters. The van der Waals surface area contributed by atoms with Crippen LogP contribution in [0.4, 0.5) is 10.1 Å². The van der Waals surface area contributed by atoms with Crippen molar-refractivity contribution in [1.82, 2.24) is 0 Å². The number of benzene rings is 1. The Morgan fingerprint density at radius 3 is 2.50 bits per heavy atom. The third-order valence-electron chi connectivity index (χ3n) is 2.45. The number of amides is 1. The van der Waals surface area contributed by atoms with Crippen LogP contribution in [0.1, 0.15) is 26.3 Å². The van der Waals surface area contributed by atoms with Gasteiger partial charge < -0.3 is 15.4 Å². The Labute approximate surface area is 120 Å². The molecule has 1 fully saturated rings. The topological polar surface area (TPSA) is 55.6 Å². The number of rotatable bonds is 1. The van der Waals surface area contributed by atoms with Crippen LogP contribution in [0.15, 0.2) is 18.2 Å². The van der Waals surface area contributed by atoms with E-state index in [0.717, 1.165) is 6.54 Å². The average molecular weight is 284 g/mol. The predicted octanol–water partition coefficient (Wildman–Crippen LogP) is 2.49. The monoisotopic (exact) mass is 284 g/mol. The number of aryl methyl sites for hydroxylation is 1. The molecule has 0 radical (unpaired) electrons. The molecule has 1 aromatic rings. The van der Waals surface area contributed by atoms with Crippen LogP contribution < -0.4 is 10.6 Å². The molecule has 1 aliphatic heterocycles. The van der Waals surface area contributed by atoms with E-state index in [1.807, 2.05) is 20.8 Å². The summed E-state index contributed by atoms with van der Waals surface area (Å²) in [4.78, 5) is 13.0. The van der Waals surface area contributed by atoms with Crippen molar-refractivity contribution in [2.75, 3.05) is 31.2 Å². The van der Waals surface area contributed by atoms with Gasteiger partial charge in [0.25, 0.3) is 5.91 Å². The van der Waals surface area contributed by atoms with E-state index in [4.69, 9.17) is 10.5 Å². The quantitative estimate of drug-likeness (QED) is 0.862. The van der Waals surface area contributed by atoms with Gasteiger partial charge in [0.15, 0.2) is 0 Å². The molecule has 0 aliphatic carbocycles. The highest BCUT2D eigenvalue weighted by molar-refractivity contribution is 5.94. The summed E-state index contributed by atoms with van der Waals surface area (Å²) in [5, 5.41) is 0. The number of hydrogen-bond acceptors (Lipinski definition) is 3. The van der Waals surface area contributed by atoms with Crippen LogP contribution in [0.2, 0.25) is 0 Å². The Bertz CT molecular complexity index is 411. The molecule has 0 saturated carbocycles. The molecule has 5 heteroatoms.